The highest BCUT2D eigenvalue weighted by Gasteiger charge is 2.20. The van der Waals surface area contributed by atoms with Gasteiger partial charge in [0.25, 0.3) is 0 Å². The minimum absolute atomic E-state index is 0.888. The van der Waals surface area contributed by atoms with Gasteiger partial charge in [-0.3, -0.25) is 9.97 Å². The lowest BCUT2D eigenvalue weighted by Gasteiger charge is -2.26. The van der Waals surface area contributed by atoms with Crippen molar-refractivity contribution in [2.75, 3.05) is 20.1 Å². The van der Waals surface area contributed by atoms with Gasteiger partial charge in [-0.05, 0) is 7.05 Å². The highest BCUT2D eigenvalue weighted by molar-refractivity contribution is 5.24. The predicted octanol–water partition coefficient (Wildman–Crippen LogP) is 0.110. The standard InChI is InChI=1S/C11H16N4/c1-15-5-3-9-11(7-15)14-10-6-12-4-2-8(10)13-9/h12H,2-7H2,1H3. The van der Waals surface area contributed by atoms with Crippen molar-refractivity contribution in [2.45, 2.75) is 25.9 Å². The van der Waals surface area contributed by atoms with E-state index in [1.807, 2.05) is 0 Å². The van der Waals surface area contributed by atoms with Crippen LogP contribution in [0.2, 0.25) is 0 Å². The van der Waals surface area contributed by atoms with Crippen molar-refractivity contribution in [1.29, 1.82) is 0 Å². The van der Waals surface area contributed by atoms with Gasteiger partial charge in [0, 0.05) is 39.0 Å². The summed E-state index contributed by atoms with van der Waals surface area (Å²) in [5.74, 6) is 0. The molecule has 15 heavy (non-hydrogen) atoms. The molecular weight excluding hydrogens is 188 g/mol. The third kappa shape index (κ3) is 1.64. The van der Waals surface area contributed by atoms with Gasteiger partial charge in [-0.25, -0.2) is 0 Å². The fraction of sp³-hybridized carbons (Fsp3) is 0.636. The Labute approximate surface area is 89.7 Å². The van der Waals surface area contributed by atoms with Crippen LogP contribution in [0.25, 0.3) is 0 Å². The van der Waals surface area contributed by atoms with Crippen LogP contribution in [0.3, 0.4) is 0 Å². The molecule has 4 nitrogen and oxygen atoms in total. The molecule has 0 atom stereocenters. The molecule has 2 aliphatic rings. The maximum absolute atomic E-state index is 4.76. The van der Waals surface area contributed by atoms with E-state index < -0.39 is 0 Å². The summed E-state index contributed by atoms with van der Waals surface area (Å²) in [6.45, 7) is 3.99. The van der Waals surface area contributed by atoms with Crippen LogP contribution in [0.15, 0.2) is 0 Å². The van der Waals surface area contributed by atoms with Gasteiger partial charge in [-0.1, -0.05) is 0 Å². The van der Waals surface area contributed by atoms with Gasteiger partial charge >= 0.3 is 0 Å². The van der Waals surface area contributed by atoms with E-state index >= 15 is 0 Å². The Morgan fingerprint density at radius 3 is 2.80 bits per heavy atom. The third-order valence-electron chi connectivity index (χ3n) is 3.19. The first-order valence-corrected chi connectivity index (χ1v) is 5.60. The van der Waals surface area contributed by atoms with E-state index in [4.69, 9.17) is 9.97 Å². The van der Waals surface area contributed by atoms with Crippen molar-refractivity contribution in [3.63, 3.8) is 0 Å². The molecule has 4 heteroatoms. The Kier molecular flexibility index (Phi) is 2.18. The molecule has 3 heterocycles. The molecule has 1 aromatic heterocycles. The van der Waals surface area contributed by atoms with Crippen molar-refractivity contribution >= 4 is 0 Å². The summed E-state index contributed by atoms with van der Waals surface area (Å²) in [4.78, 5) is 11.8. The monoisotopic (exact) mass is 204 g/mol. The Morgan fingerprint density at radius 1 is 1.07 bits per heavy atom. The van der Waals surface area contributed by atoms with Crippen molar-refractivity contribution in [1.82, 2.24) is 20.2 Å². The van der Waals surface area contributed by atoms with Gasteiger partial charge in [0.1, 0.15) is 0 Å². The Hall–Kier alpha value is -1.00. The summed E-state index contributed by atoms with van der Waals surface area (Å²) in [7, 11) is 2.14. The molecule has 0 saturated carbocycles. The molecular formula is C11H16N4. The van der Waals surface area contributed by atoms with Crippen molar-refractivity contribution < 1.29 is 0 Å². The lowest BCUT2D eigenvalue weighted by Crippen LogP contribution is -2.32. The second-order valence-electron chi connectivity index (χ2n) is 4.42. The van der Waals surface area contributed by atoms with Crippen LogP contribution >= 0.6 is 0 Å². The summed E-state index contributed by atoms with van der Waals surface area (Å²) in [6.07, 6.45) is 2.09. The molecule has 0 fully saturated rings. The predicted molar refractivity (Wildman–Crippen MR) is 57.5 cm³/mol. The third-order valence-corrected chi connectivity index (χ3v) is 3.19. The molecule has 3 rings (SSSR count). The second-order valence-corrected chi connectivity index (χ2v) is 4.42. The molecule has 0 aromatic carbocycles. The normalized spacial score (nSPS) is 20.9. The van der Waals surface area contributed by atoms with Crippen molar-refractivity contribution in [3.05, 3.63) is 22.8 Å². The quantitative estimate of drug-likeness (QED) is 0.651. The first-order valence-electron chi connectivity index (χ1n) is 5.60. The van der Waals surface area contributed by atoms with E-state index in [1.54, 1.807) is 0 Å². The smallest absolute Gasteiger partial charge is 0.0763 e. The van der Waals surface area contributed by atoms with E-state index in [0.29, 0.717) is 0 Å². The first kappa shape index (κ1) is 9.24. The van der Waals surface area contributed by atoms with Gasteiger partial charge < -0.3 is 10.2 Å². The molecule has 0 radical (unpaired) electrons. The number of hydrogen-bond acceptors (Lipinski definition) is 4. The van der Waals surface area contributed by atoms with E-state index in [9.17, 15) is 0 Å². The summed E-state index contributed by atoms with van der Waals surface area (Å²) in [6, 6.07) is 0. The van der Waals surface area contributed by atoms with Gasteiger partial charge in [-0.2, -0.15) is 0 Å². The minimum atomic E-state index is 0.888. The Morgan fingerprint density at radius 2 is 1.87 bits per heavy atom. The average molecular weight is 204 g/mol. The topological polar surface area (TPSA) is 41.1 Å². The van der Waals surface area contributed by atoms with E-state index in [0.717, 1.165) is 44.7 Å². The lowest BCUT2D eigenvalue weighted by molar-refractivity contribution is 0.302. The number of fused-ring (bicyclic) bond motifs is 2. The molecule has 0 bridgehead atoms. The van der Waals surface area contributed by atoms with Gasteiger partial charge in [0.05, 0.1) is 22.8 Å². The van der Waals surface area contributed by atoms with Crippen LogP contribution in [0.1, 0.15) is 22.8 Å². The van der Waals surface area contributed by atoms with Crippen LogP contribution in [0.4, 0.5) is 0 Å². The highest BCUT2D eigenvalue weighted by atomic mass is 15.1. The SMILES string of the molecule is CN1CCc2nc3c(nc2C1)CNCC3. The maximum atomic E-state index is 4.76. The fourth-order valence-electron chi connectivity index (χ4n) is 2.30. The molecule has 0 amide bonds. The molecule has 0 aliphatic carbocycles. The van der Waals surface area contributed by atoms with Crippen LogP contribution in [-0.4, -0.2) is 35.0 Å². The van der Waals surface area contributed by atoms with E-state index in [2.05, 4.69) is 17.3 Å². The summed E-state index contributed by atoms with van der Waals surface area (Å²) < 4.78 is 0. The number of aromatic nitrogens is 2. The molecule has 0 saturated heterocycles. The fourth-order valence-corrected chi connectivity index (χ4v) is 2.30. The number of nitrogens with one attached hydrogen (secondary N) is 1. The van der Waals surface area contributed by atoms with Gasteiger partial charge in [0.15, 0.2) is 0 Å². The van der Waals surface area contributed by atoms with Crippen LogP contribution < -0.4 is 5.32 Å². The highest BCUT2D eigenvalue weighted by Crippen LogP contribution is 2.18. The number of nitrogens with zero attached hydrogens (tertiary/aromatic N) is 3. The van der Waals surface area contributed by atoms with E-state index in [-0.39, 0.29) is 0 Å². The maximum Gasteiger partial charge on any atom is 0.0763 e. The number of likely N-dealkylation sites (N-methyl/N-ethyl adjacent to an activating group) is 1. The summed E-state index contributed by atoms with van der Waals surface area (Å²) in [5.41, 5.74) is 4.80. The second kappa shape index (κ2) is 3.54. The zero-order valence-corrected chi connectivity index (χ0v) is 9.08. The number of rotatable bonds is 0. The molecule has 1 aromatic rings. The van der Waals surface area contributed by atoms with Crippen molar-refractivity contribution in [2.24, 2.45) is 0 Å². The molecule has 80 valence electrons. The minimum Gasteiger partial charge on any atom is -0.311 e. The zero-order chi connectivity index (χ0) is 10.3. The van der Waals surface area contributed by atoms with Gasteiger partial charge in [-0.15, -0.1) is 0 Å². The molecule has 1 N–H and O–H groups in total. The van der Waals surface area contributed by atoms with E-state index in [1.165, 1.54) is 17.1 Å². The van der Waals surface area contributed by atoms with Crippen LogP contribution in [-0.2, 0) is 25.9 Å². The first-order chi connectivity index (χ1) is 7.33. The number of hydrogen-bond donors (Lipinski definition) is 1. The summed E-state index contributed by atoms with van der Waals surface area (Å²) >= 11 is 0. The van der Waals surface area contributed by atoms with Crippen molar-refractivity contribution in [3.8, 4) is 0 Å². The lowest BCUT2D eigenvalue weighted by atomic mass is 10.1. The Bertz CT molecular complexity index is 388. The average Bonchev–Trinajstić information content (AvgIpc) is 2.26. The van der Waals surface area contributed by atoms with Gasteiger partial charge in [0.2, 0.25) is 0 Å². The summed E-state index contributed by atoms with van der Waals surface area (Å²) in [5, 5.41) is 3.34. The zero-order valence-electron chi connectivity index (χ0n) is 9.08. The largest absolute Gasteiger partial charge is 0.311 e. The molecule has 0 spiro atoms. The molecule has 0 unspecified atom stereocenters. The Balaban J connectivity index is 2.02. The van der Waals surface area contributed by atoms with Crippen LogP contribution in [0.5, 0.6) is 0 Å². The molecule has 2 aliphatic heterocycles. The van der Waals surface area contributed by atoms with Crippen LogP contribution in [0, 0.1) is 0 Å².